The molecule has 12 nitrogen and oxygen atoms in total. The highest BCUT2D eigenvalue weighted by Crippen LogP contribution is 2.77. The third-order valence-electron chi connectivity index (χ3n) is 15.4. The van der Waals surface area contributed by atoms with Gasteiger partial charge in [0.2, 0.25) is 5.79 Å². The Balaban J connectivity index is 1.36. The topological polar surface area (TPSA) is 186 Å². The minimum atomic E-state index is -2.05. The van der Waals surface area contributed by atoms with E-state index in [0.717, 1.165) is 19.4 Å². The van der Waals surface area contributed by atoms with Gasteiger partial charge in [0, 0.05) is 42.3 Å². The molecule has 278 valence electrons. The molecule has 0 radical (unpaired) electrons. The van der Waals surface area contributed by atoms with Gasteiger partial charge in [0.25, 0.3) is 0 Å². The fourth-order valence-corrected chi connectivity index (χ4v) is 12.5. The van der Waals surface area contributed by atoms with E-state index in [4.69, 9.17) is 14.2 Å². The van der Waals surface area contributed by atoms with Gasteiger partial charge in [0.05, 0.1) is 29.3 Å². The van der Waals surface area contributed by atoms with Gasteiger partial charge in [-0.2, -0.15) is 0 Å². The highest BCUT2D eigenvalue weighted by molar-refractivity contribution is 5.79. The molecule has 0 amide bonds. The lowest BCUT2D eigenvalue weighted by Crippen LogP contribution is -2.77. The fourth-order valence-electron chi connectivity index (χ4n) is 12.5. The molecule has 0 aromatic rings. The standard InChI is InChI=1S/C37H59NO11/c1-8-19(4)30(41)47-25-12-13-32(5)23-14-22(39)28-35(32,49-37(23,25)46)15-21-20-17-38-16-18(3)10-11-24(38)34(7,44)26(20)27(40)29(36(21,28)45)48-31(42)33(6,43)9-2/h18-29,39-40,43-46H,8-17H2,1-7H3/t18-,19+,20-,21-,22+,23-,24-,25-,26+,27+,28+,29-,32-,33-,34+,35+,36-,37-/m0/s1. The third kappa shape index (κ3) is 4.56. The van der Waals surface area contributed by atoms with Gasteiger partial charge in [-0.05, 0) is 83.0 Å². The van der Waals surface area contributed by atoms with Crippen molar-refractivity contribution in [2.45, 2.75) is 158 Å². The molecule has 12 heteroatoms. The first-order chi connectivity index (χ1) is 22.7. The number of rotatable bonds is 6. The Labute approximate surface area is 289 Å². The van der Waals surface area contributed by atoms with Crippen LogP contribution in [0.25, 0.3) is 0 Å². The summed E-state index contributed by atoms with van der Waals surface area (Å²) in [6, 6.07) is -0.251. The molecule has 7 fully saturated rings. The summed E-state index contributed by atoms with van der Waals surface area (Å²) in [5, 5.41) is 73.7. The first-order valence-corrected chi connectivity index (χ1v) is 18.9. The van der Waals surface area contributed by atoms with Gasteiger partial charge in [0.1, 0.15) is 5.60 Å². The summed E-state index contributed by atoms with van der Waals surface area (Å²) in [6.07, 6.45) is -2.08. The number of piperidine rings is 2. The van der Waals surface area contributed by atoms with Gasteiger partial charge in [-0.25, -0.2) is 4.79 Å². The highest BCUT2D eigenvalue weighted by atomic mass is 16.7. The van der Waals surface area contributed by atoms with E-state index in [1.54, 1.807) is 20.8 Å². The number of ether oxygens (including phenoxy) is 3. The van der Waals surface area contributed by atoms with Crippen molar-refractivity contribution in [2.75, 3.05) is 13.1 Å². The van der Waals surface area contributed by atoms with E-state index in [0.29, 0.717) is 31.7 Å². The SMILES string of the molecule is CC[C@@H](C)C(=O)O[C@H]1CC[C@@]2(C)[C@@H]3C[C@@H](O)[C@H]4[C@@]5(O)[C@@H](C[C@@]42O[C@]13O)[C@@H]1CN2C[C@@H](C)CC[C@H]2[C@@](C)(O)[C@H]1[C@@H](O)[C@@H]5OC(=O)[C@@](C)(O)CC. The maximum atomic E-state index is 13.6. The number of carbonyl (C=O) groups is 2. The van der Waals surface area contributed by atoms with Crippen molar-refractivity contribution < 1.29 is 54.4 Å². The van der Waals surface area contributed by atoms with E-state index in [9.17, 15) is 40.2 Å². The number of esters is 2. The molecule has 4 aliphatic carbocycles. The predicted octanol–water partition coefficient (Wildman–Crippen LogP) is 1.49. The van der Waals surface area contributed by atoms with E-state index in [1.807, 2.05) is 13.8 Å². The summed E-state index contributed by atoms with van der Waals surface area (Å²) in [5.74, 6) is -7.09. The van der Waals surface area contributed by atoms with Crippen molar-refractivity contribution in [3.63, 3.8) is 0 Å². The van der Waals surface area contributed by atoms with Crippen molar-refractivity contribution in [2.24, 2.45) is 46.8 Å². The van der Waals surface area contributed by atoms with Crippen LogP contribution in [0.1, 0.15) is 99.8 Å². The van der Waals surface area contributed by atoms with Crippen molar-refractivity contribution >= 4 is 11.9 Å². The zero-order valence-electron chi connectivity index (χ0n) is 30.2. The molecular formula is C37H59NO11. The van der Waals surface area contributed by atoms with Gasteiger partial charge in [-0.1, -0.05) is 34.6 Å². The van der Waals surface area contributed by atoms with Crippen LogP contribution in [0.5, 0.6) is 0 Å². The molecule has 6 N–H and O–H groups in total. The molecular weight excluding hydrogens is 634 g/mol. The van der Waals surface area contributed by atoms with Crippen LogP contribution in [-0.2, 0) is 23.8 Å². The van der Waals surface area contributed by atoms with Crippen molar-refractivity contribution in [1.29, 1.82) is 0 Å². The first-order valence-electron chi connectivity index (χ1n) is 18.9. The number of hydrogen-bond acceptors (Lipinski definition) is 12. The monoisotopic (exact) mass is 693 g/mol. The van der Waals surface area contributed by atoms with Gasteiger partial charge in [-0.3, -0.25) is 9.69 Å². The average molecular weight is 694 g/mol. The largest absolute Gasteiger partial charge is 0.456 e. The van der Waals surface area contributed by atoms with Crippen LogP contribution < -0.4 is 0 Å². The smallest absolute Gasteiger partial charge is 0.338 e. The van der Waals surface area contributed by atoms with Crippen LogP contribution in [0.4, 0.5) is 0 Å². The molecule has 18 atom stereocenters. The van der Waals surface area contributed by atoms with Crippen molar-refractivity contribution in [3.05, 3.63) is 0 Å². The number of aliphatic hydroxyl groups is 6. The average Bonchev–Trinajstić information content (AvgIpc) is 3.31. The predicted molar refractivity (Wildman–Crippen MR) is 174 cm³/mol. The molecule has 3 heterocycles. The van der Waals surface area contributed by atoms with Gasteiger partial charge < -0.3 is 44.8 Å². The quantitative estimate of drug-likeness (QED) is 0.221. The molecule has 0 aromatic carbocycles. The van der Waals surface area contributed by atoms with Gasteiger partial charge in [0.15, 0.2) is 17.8 Å². The van der Waals surface area contributed by atoms with E-state index in [2.05, 4.69) is 11.8 Å². The molecule has 1 spiro atoms. The molecule has 7 aliphatic rings. The number of hydrogen-bond donors (Lipinski definition) is 6. The number of fused-ring (bicyclic) bond motifs is 5. The van der Waals surface area contributed by atoms with Gasteiger partial charge in [-0.15, -0.1) is 0 Å². The Morgan fingerprint density at radius 2 is 1.76 bits per heavy atom. The fraction of sp³-hybridized carbons (Fsp3) is 0.946. The highest BCUT2D eigenvalue weighted by Gasteiger charge is 2.87. The number of aliphatic hydroxyl groups excluding tert-OH is 2. The summed E-state index contributed by atoms with van der Waals surface area (Å²) < 4.78 is 18.9. The second kappa shape index (κ2) is 11.3. The normalized spacial score (nSPS) is 54.8. The van der Waals surface area contributed by atoms with E-state index < -0.39 is 99.6 Å². The Morgan fingerprint density at radius 3 is 2.41 bits per heavy atom. The number of carbonyl (C=O) groups excluding carboxylic acids is 2. The molecule has 3 saturated heterocycles. The molecule has 0 aromatic heterocycles. The van der Waals surface area contributed by atoms with Crippen molar-refractivity contribution in [3.8, 4) is 0 Å². The molecule has 49 heavy (non-hydrogen) atoms. The van der Waals surface area contributed by atoms with Crippen LogP contribution in [0.2, 0.25) is 0 Å². The maximum absolute atomic E-state index is 13.6. The molecule has 4 bridgehead atoms. The van der Waals surface area contributed by atoms with E-state index >= 15 is 0 Å². The van der Waals surface area contributed by atoms with E-state index in [1.165, 1.54) is 6.92 Å². The maximum Gasteiger partial charge on any atom is 0.338 e. The van der Waals surface area contributed by atoms with Crippen LogP contribution in [0.15, 0.2) is 0 Å². The Bertz CT molecular complexity index is 1360. The summed E-state index contributed by atoms with van der Waals surface area (Å²) in [4.78, 5) is 28.9. The zero-order chi connectivity index (χ0) is 35.9. The Morgan fingerprint density at radius 1 is 1.06 bits per heavy atom. The lowest BCUT2D eigenvalue weighted by molar-refractivity contribution is -0.301. The summed E-state index contributed by atoms with van der Waals surface area (Å²) >= 11 is 0. The van der Waals surface area contributed by atoms with Gasteiger partial charge >= 0.3 is 11.9 Å². The van der Waals surface area contributed by atoms with Crippen molar-refractivity contribution in [1.82, 2.24) is 4.90 Å². The van der Waals surface area contributed by atoms with Crippen LogP contribution in [0, 0.1) is 46.8 Å². The summed E-state index contributed by atoms with van der Waals surface area (Å²) in [7, 11) is 0. The van der Waals surface area contributed by atoms with Crippen LogP contribution >= 0.6 is 0 Å². The number of nitrogens with zero attached hydrogens (tertiary/aromatic N) is 1. The molecule has 0 unspecified atom stereocenters. The zero-order valence-corrected chi connectivity index (χ0v) is 30.2. The summed E-state index contributed by atoms with van der Waals surface area (Å²) in [5.41, 5.74) is -7.49. The second-order valence-electron chi connectivity index (χ2n) is 18.0. The lowest BCUT2D eigenvalue weighted by Gasteiger charge is -2.64. The van der Waals surface area contributed by atoms with E-state index in [-0.39, 0.29) is 31.2 Å². The lowest BCUT2D eigenvalue weighted by atomic mass is 9.49. The second-order valence-corrected chi connectivity index (χ2v) is 18.0. The minimum absolute atomic E-state index is 0.0259. The van der Waals surface area contributed by atoms with Crippen LogP contribution in [-0.4, -0.2) is 119 Å². The van der Waals surface area contributed by atoms with Crippen LogP contribution in [0.3, 0.4) is 0 Å². The molecule has 7 rings (SSSR count). The third-order valence-corrected chi connectivity index (χ3v) is 15.4. The molecule has 4 saturated carbocycles. The first kappa shape index (κ1) is 36.0. The minimum Gasteiger partial charge on any atom is -0.456 e. The summed E-state index contributed by atoms with van der Waals surface area (Å²) in [6.45, 7) is 13.8. The molecule has 3 aliphatic heterocycles. The Kier molecular flexibility index (Phi) is 8.31. The Hall–Kier alpha value is -1.38.